The van der Waals surface area contributed by atoms with Crippen molar-refractivity contribution in [2.75, 3.05) is 5.32 Å². The summed E-state index contributed by atoms with van der Waals surface area (Å²) in [5, 5.41) is 10.9. The summed E-state index contributed by atoms with van der Waals surface area (Å²) in [4.78, 5) is 12.0. The third-order valence-electron chi connectivity index (χ3n) is 2.48. The van der Waals surface area contributed by atoms with Gasteiger partial charge < -0.3 is 5.32 Å². The van der Waals surface area contributed by atoms with Crippen LogP contribution >= 0.6 is 15.9 Å². The highest BCUT2D eigenvalue weighted by Gasteiger charge is 2.16. The zero-order valence-electron chi connectivity index (χ0n) is 9.73. The molecule has 90 valence electrons. The molecule has 17 heavy (non-hydrogen) atoms. The summed E-state index contributed by atoms with van der Waals surface area (Å²) in [5.41, 5.74) is 1.94. The number of aromatic nitrogens is 4. The Hall–Kier alpha value is -1.63. The summed E-state index contributed by atoms with van der Waals surface area (Å²) in [6.07, 6.45) is 3.34. The monoisotopic (exact) mass is 297 g/mol. The number of carbonyl (C=O) groups excluding carboxylic acids is 1. The standard InChI is InChI=1S/C10H12BrN5O/c1-6-8(4-12-16(6)3)13-10(17)9-7(11)5-15(2)14-9/h4-5H,1-3H3,(H,13,17). The van der Waals surface area contributed by atoms with Crippen LogP contribution in [-0.2, 0) is 14.1 Å². The van der Waals surface area contributed by atoms with Gasteiger partial charge in [-0.3, -0.25) is 14.2 Å². The van der Waals surface area contributed by atoms with E-state index in [1.165, 1.54) is 0 Å². The number of rotatable bonds is 2. The Bertz CT molecular complexity index is 571. The second-order valence-electron chi connectivity index (χ2n) is 3.72. The molecule has 0 bridgehead atoms. The average Bonchev–Trinajstić information content (AvgIpc) is 2.75. The lowest BCUT2D eigenvalue weighted by atomic mass is 10.3. The van der Waals surface area contributed by atoms with Crippen LogP contribution in [0.2, 0.25) is 0 Å². The maximum absolute atomic E-state index is 12.0. The lowest BCUT2D eigenvalue weighted by Crippen LogP contribution is -2.14. The fourth-order valence-electron chi connectivity index (χ4n) is 1.42. The molecule has 0 saturated carbocycles. The molecule has 2 aromatic rings. The van der Waals surface area contributed by atoms with Gasteiger partial charge in [0.2, 0.25) is 0 Å². The van der Waals surface area contributed by atoms with Crippen LogP contribution in [0.3, 0.4) is 0 Å². The predicted molar refractivity (Wildman–Crippen MR) is 66.8 cm³/mol. The van der Waals surface area contributed by atoms with Crippen molar-refractivity contribution >= 4 is 27.5 Å². The van der Waals surface area contributed by atoms with E-state index < -0.39 is 0 Å². The summed E-state index contributed by atoms with van der Waals surface area (Å²) in [7, 11) is 3.58. The number of hydrogen-bond acceptors (Lipinski definition) is 3. The highest BCUT2D eigenvalue weighted by molar-refractivity contribution is 9.10. The van der Waals surface area contributed by atoms with Crippen LogP contribution < -0.4 is 5.32 Å². The lowest BCUT2D eigenvalue weighted by molar-refractivity contribution is 0.102. The van der Waals surface area contributed by atoms with Gasteiger partial charge in [0, 0.05) is 20.3 Å². The Morgan fingerprint density at radius 3 is 2.65 bits per heavy atom. The molecule has 2 aromatic heterocycles. The number of aryl methyl sites for hydroxylation is 2. The normalized spacial score (nSPS) is 10.6. The number of halogens is 1. The quantitative estimate of drug-likeness (QED) is 0.913. The molecule has 0 atom stereocenters. The third-order valence-corrected chi connectivity index (χ3v) is 3.06. The molecular weight excluding hydrogens is 286 g/mol. The molecule has 0 aliphatic rings. The Balaban J connectivity index is 2.23. The highest BCUT2D eigenvalue weighted by atomic mass is 79.9. The van der Waals surface area contributed by atoms with Crippen LogP contribution in [-0.4, -0.2) is 25.5 Å². The van der Waals surface area contributed by atoms with Gasteiger partial charge in [-0.25, -0.2) is 0 Å². The molecule has 1 N–H and O–H groups in total. The third kappa shape index (κ3) is 2.23. The molecule has 0 fully saturated rings. The van der Waals surface area contributed by atoms with E-state index in [4.69, 9.17) is 0 Å². The van der Waals surface area contributed by atoms with Crippen molar-refractivity contribution in [3.8, 4) is 0 Å². The van der Waals surface area contributed by atoms with Crippen molar-refractivity contribution in [1.82, 2.24) is 19.6 Å². The van der Waals surface area contributed by atoms with Gasteiger partial charge in [-0.1, -0.05) is 0 Å². The maximum atomic E-state index is 12.0. The highest BCUT2D eigenvalue weighted by Crippen LogP contribution is 2.18. The van der Waals surface area contributed by atoms with Gasteiger partial charge in [-0.05, 0) is 22.9 Å². The molecule has 7 heteroatoms. The molecule has 6 nitrogen and oxygen atoms in total. The van der Waals surface area contributed by atoms with Crippen molar-refractivity contribution < 1.29 is 4.79 Å². The summed E-state index contributed by atoms with van der Waals surface area (Å²) in [6.45, 7) is 1.88. The van der Waals surface area contributed by atoms with Crippen molar-refractivity contribution in [2.45, 2.75) is 6.92 Å². The average molecular weight is 298 g/mol. The zero-order valence-corrected chi connectivity index (χ0v) is 11.3. The Morgan fingerprint density at radius 2 is 2.18 bits per heavy atom. The SMILES string of the molecule is Cc1c(NC(=O)c2nn(C)cc2Br)cnn1C. The number of carbonyl (C=O) groups is 1. The Labute approximate surface area is 107 Å². The fraction of sp³-hybridized carbons (Fsp3) is 0.300. The topological polar surface area (TPSA) is 64.7 Å². The van der Waals surface area contributed by atoms with Crippen molar-refractivity contribution in [3.63, 3.8) is 0 Å². The van der Waals surface area contributed by atoms with Gasteiger partial charge in [-0.15, -0.1) is 0 Å². The molecule has 0 saturated heterocycles. The molecule has 1 amide bonds. The van der Waals surface area contributed by atoms with Gasteiger partial charge in [0.1, 0.15) is 0 Å². The van der Waals surface area contributed by atoms with E-state index in [1.807, 2.05) is 14.0 Å². The minimum Gasteiger partial charge on any atom is -0.318 e. The van der Waals surface area contributed by atoms with Crippen LogP contribution in [0.15, 0.2) is 16.9 Å². The number of hydrogen-bond donors (Lipinski definition) is 1. The first kappa shape index (κ1) is 11.8. The molecule has 0 spiro atoms. The van der Waals surface area contributed by atoms with Crippen LogP contribution in [0.5, 0.6) is 0 Å². The van der Waals surface area contributed by atoms with Gasteiger partial charge >= 0.3 is 0 Å². The predicted octanol–water partition coefficient (Wildman–Crippen LogP) is 1.48. The first-order valence-electron chi connectivity index (χ1n) is 4.98. The van der Waals surface area contributed by atoms with Gasteiger partial charge in [-0.2, -0.15) is 10.2 Å². The molecule has 0 aliphatic carbocycles. The van der Waals surface area contributed by atoms with Crippen molar-refractivity contribution in [1.29, 1.82) is 0 Å². The van der Waals surface area contributed by atoms with Crippen LogP contribution in [0, 0.1) is 6.92 Å². The second-order valence-corrected chi connectivity index (χ2v) is 4.58. The fourth-order valence-corrected chi connectivity index (χ4v) is 1.97. The number of nitrogens with zero attached hydrogens (tertiary/aromatic N) is 4. The number of amides is 1. The van der Waals surface area contributed by atoms with Crippen LogP contribution in [0.25, 0.3) is 0 Å². The molecule has 0 unspecified atom stereocenters. The minimum atomic E-state index is -0.256. The molecule has 2 heterocycles. The zero-order chi connectivity index (χ0) is 12.6. The summed E-state index contributed by atoms with van der Waals surface area (Å²) in [6, 6.07) is 0. The minimum absolute atomic E-state index is 0.256. The molecule has 2 rings (SSSR count). The van der Waals surface area contributed by atoms with E-state index in [9.17, 15) is 4.79 Å². The summed E-state index contributed by atoms with van der Waals surface area (Å²) >= 11 is 3.29. The second kappa shape index (κ2) is 4.33. The van der Waals surface area contributed by atoms with E-state index in [-0.39, 0.29) is 5.91 Å². The summed E-state index contributed by atoms with van der Waals surface area (Å²) in [5.74, 6) is -0.256. The van der Waals surface area contributed by atoms with E-state index in [2.05, 4.69) is 31.4 Å². The molecule has 0 radical (unpaired) electrons. The van der Waals surface area contributed by atoms with Gasteiger partial charge in [0.15, 0.2) is 5.69 Å². The first-order valence-corrected chi connectivity index (χ1v) is 5.77. The van der Waals surface area contributed by atoms with Gasteiger partial charge in [0.05, 0.1) is 22.1 Å². The van der Waals surface area contributed by atoms with Gasteiger partial charge in [0.25, 0.3) is 5.91 Å². The molecular formula is C10H12BrN5O. The maximum Gasteiger partial charge on any atom is 0.277 e. The summed E-state index contributed by atoms with van der Waals surface area (Å²) < 4.78 is 3.94. The molecule has 0 aromatic carbocycles. The number of anilines is 1. The largest absolute Gasteiger partial charge is 0.318 e. The smallest absolute Gasteiger partial charge is 0.277 e. The Kier molecular flexibility index (Phi) is 3.01. The van der Waals surface area contributed by atoms with E-state index in [1.54, 1.807) is 28.8 Å². The van der Waals surface area contributed by atoms with Crippen LogP contribution in [0.1, 0.15) is 16.2 Å². The lowest BCUT2D eigenvalue weighted by Gasteiger charge is -2.02. The van der Waals surface area contributed by atoms with Crippen molar-refractivity contribution in [2.24, 2.45) is 14.1 Å². The van der Waals surface area contributed by atoms with E-state index >= 15 is 0 Å². The Morgan fingerprint density at radius 1 is 1.47 bits per heavy atom. The van der Waals surface area contributed by atoms with Crippen LogP contribution in [0.4, 0.5) is 5.69 Å². The number of nitrogens with one attached hydrogen (secondary N) is 1. The van der Waals surface area contributed by atoms with E-state index in [0.29, 0.717) is 15.9 Å². The first-order chi connectivity index (χ1) is 7.99. The van der Waals surface area contributed by atoms with Crippen molar-refractivity contribution in [3.05, 3.63) is 28.3 Å². The van der Waals surface area contributed by atoms with E-state index in [0.717, 1.165) is 5.69 Å². The molecule has 0 aliphatic heterocycles.